The van der Waals surface area contributed by atoms with Crippen molar-refractivity contribution in [1.82, 2.24) is 20.5 Å². The van der Waals surface area contributed by atoms with Gasteiger partial charge >= 0.3 is 6.18 Å². The molecule has 0 aliphatic carbocycles. The molecule has 0 radical (unpaired) electrons. The van der Waals surface area contributed by atoms with E-state index >= 15 is 0 Å². The van der Waals surface area contributed by atoms with Crippen molar-refractivity contribution < 1.29 is 17.9 Å². The Morgan fingerprint density at radius 3 is 2.85 bits per heavy atom. The van der Waals surface area contributed by atoms with Gasteiger partial charge in [0, 0.05) is 38.7 Å². The Morgan fingerprint density at radius 1 is 1.46 bits per heavy atom. The minimum absolute atomic E-state index is 0. The zero-order chi connectivity index (χ0) is 18.3. The van der Waals surface area contributed by atoms with Gasteiger partial charge in [-0.05, 0) is 19.4 Å². The van der Waals surface area contributed by atoms with E-state index in [1.165, 1.54) is 0 Å². The van der Waals surface area contributed by atoms with E-state index in [0.717, 1.165) is 49.2 Å². The van der Waals surface area contributed by atoms with E-state index in [-0.39, 0.29) is 30.5 Å². The smallest absolute Gasteiger partial charge is 0.383 e. The van der Waals surface area contributed by atoms with Gasteiger partial charge in [-0.15, -0.1) is 35.3 Å². The number of thiazole rings is 1. The highest BCUT2D eigenvalue weighted by Crippen LogP contribution is 2.29. The number of aromatic nitrogens is 1. The molecule has 0 saturated carbocycles. The number of alkyl halides is 3. The fraction of sp³-hybridized carbons (Fsp3) is 0.733. The first-order chi connectivity index (χ1) is 11.9. The Labute approximate surface area is 172 Å². The van der Waals surface area contributed by atoms with Gasteiger partial charge < -0.3 is 15.4 Å². The molecule has 0 spiro atoms. The topological polar surface area (TPSA) is 61.8 Å². The molecule has 1 unspecified atom stereocenters. The second-order valence-electron chi connectivity index (χ2n) is 5.76. The van der Waals surface area contributed by atoms with E-state index in [0.29, 0.717) is 23.6 Å². The molecule has 1 fully saturated rings. The number of ether oxygens (including phenoxy) is 1. The maximum absolute atomic E-state index is 12.6. The molecule has 150 valence electrons. The van der Waals surface area contributed by atoms with Gasteiger partial charge in [0.05, 0.1) is 13.2 Å². The number of halogens is 4. The lowest BCUT2D eigenvalue weighted by Gasteiger charge is -2.25. The average Bonchev–Trinajstić information content (AvgIpc) is 3.21. The Kier molecular flexibility index (Phi) is 10.1. The molecule has 1 aliphatic heterocycles. The lowest BCUT2D eigenvalue weighted by atomic mass is 10.2. The highest BCUT2D eigenvalue weighted by molar-refractivity contribution is 14.0. The van der Waals surface area contributed by atoms with Crippen molar-refractivity contribution in [2.45, 2.75) is 31.6 Å². The molecule has 2 rings (SSSR count). The minimum Gasteiger partial charge on any atom is -0.383 e. The van der Waals surface area contributed by atoms with Crippen molar-refractivity contribution >= 4 is 41.3 Å². The van der Waals surface area contributed by atoms with Gasteiger partial charge in [0.15, 0.2) is 11.7 Å². The fourth-order valence-corrected chi connectivity index (χ4v) is 3.49. The van der Waals surface area contributed by atoms with Gasteiger partial charge in [0.2, 0.25) is 0 Å². The highest BCUT2D eigenvalue weighted by Gasteiger charge is 2.33. The zero-order valence-electron chi connectivity index (χ0n) is 14.8. The second-order valence-corrected chi connectivity index (χ2v) is 6.70. The van der Waals surface area contributed by atoms with Crippen LogP contribution in [0.15, 0.2) is 10.4 Å². The largest absolute Gasteiger partial charge is 0.434 e. The normalized spacial score (nSPS) is 18.7. The summed E-state index contributed by atoms with van der Waals surface area (Å²) in [4.78, 5) is 10.1. The molecule has 1 saturated heterocycles. The first kappa shape index (κ1) is 23.4. The van der Waals surface area contributed by atoms with Gasteiger partial charge in [0.1, 0.15) is 5.01 Å². The second kappa shape index (κ2) is 11.2. The maximum atomic E-state index is 12.6. The van der Waals surface area contributed by atoms with Crippen LogP contribution in [0.5, 0.6) is 0 Å². The third-order valence-corrected chi connectivity index (χ3v) is 4.91. The number of methoxy groups -OCH3 is 1. The lowest BCUT2D eigenvalue weighted by Crippen LogP contribution is -2.45. The predicted octanol–water partition coefficient (Wildman–Crippen LogP) is 2.56. The van der Waals surface area contributed by atoms with Crippen molar-refractivity contribution in [3.05, 3.63) is 16.1 Å². The molecule has 2 N–H and O–H groups in total. The summed E-state index contributed by atoms with van der Waals surface area (Å²) in [6.07, 6.45) is -2.14. The first-order valence-electron chi connectivity index (χ1n) is 8.13. The molecule has 1 aliphatic rings. The van der Waals surface area contributed by atoms with Crippen LogP contribution in [0.25, 0.3) is 0 Å². The molecule has 0 aromatic carbocycles. The highest BCUT2D eigenvalue weighted by atomic mass is 127. The van der Waals surface area contributed by atoms with Crippen LogP contribution in [0.4, 0.5) is 13.2 Å². The van der Waals surface area contributed by atoms with Crippen molar-refractivity contribution in [1.29, 1.82) is 0 Å². The van der Waals surface area contributed by atoms with E-state index in [2.05, 4.69) is 25.5 Å². The minimum atomic E-state index is -4.40. The summed E-state index contributed by atoms with van der Waals surface area (Å²) in [7, 11) is 3.33. The van der Waals surface area contributed by atoms with Crippen LogP contribution < -0.4 is 10.6 Å². The van der Waals surface area contributed by atoms with Crippen LogP contribution >= 0.6 is 35.3 Å². The number of likely N-dealkylation sites (tertiary alicyclic amines) is 1. The molecule has 0 bridgehead atoms. The molecule has 6 nitrogen and oxygen atoms in total. The van der Waals surface area contributed by atoms with E-state index in [1.807, 2.05) is 0 Å². The fourth-order valence-electron chi connectivity index (χ4n) is 2.75. The summed E-state index contributed by atoms with van der Waals surface area (Å²) in [5.74, 6) is 0.558. The number of rotatable bonds is 7. The predicted molar refractivity (Wildman–Crippen MR) is 107 cm³/mol. The van der Waals surface area contributed by atoms with Crippen LogP contribution in [-0.2, 0) is 17.5 Å². The molecule has 1 atom stereocenters. The molecular weight excluding hydrogens is 482 g/mol. The van der Waals surface area contributed by atoms with Gasteiger partial charge in [-0.1, -0.05) is 0 Å². The zero-order valence-corrected chi connectivity index (χ0v) is 18.0. The number of hydrogen-bond donors (Lipinski definition) is 2. The van der Waals surface area contributed by atoms with Gasteiger partial charge in [0.25, 0.3) is 0 Å². The molecule has 11 heteroatoms. The number of guanidine groups is 1. The van der Waals surface area contributed by atoms with E-state index in [1.54, 1.807) is 14.2 Å². The van der Waals surface area contributed by atoms with Crippen molar-refractivity contribution in [3.8, 4) is 0 Å². The van der Waals surface area contributed by atoms with Crippen molar-refractivity contribution in [2.24, 2.45) is 4.99 Å². The molecular formula is C15H25F3IN5OS. The molecule has 0 amide bonds. The summed E-state index contributed by atoms with van der Waals surface area (Å²) < 4.78 is 42.8. The Bertz CT molecular complexity index is 570. The van der Waals surface area contributed by atoms with E-state index < -0.39 is 11.9 Å². The van der Waals surface area contributed by atoms with Crippen LogP contribution in [0.1, 0.15) is 23.5 Å². The van der Waals surface area contributed by atoms with Gasteiger partial charge in [-0.25, -0.2) is 4.98 Å². The third-order valence-electron chi connectivity index (χ3n) is 4.06. The van der Waals surface area contributed by atoms with Crippen molar-refractivity contribution in [3.63, 3.8) is 0 Å². The lowest BCUT2D eigenvalue weighted by molar-refractivity contribution is -0.140. The molecule has 26 heavy (non-hydrogen) atoms. The monoisotopic (exact) mass is 507 g/mol. The van der Waals surface area contributed by atoms with Crippen LogP contribution in [0, 0.1) is 0 Å². The van der Waals surface area contributed by atoms with Crippen LogP contribution in [0.3, 0.4) is 0 Å². The third kappa shape index (κ3) is 7.16. The Morgan fingerprint density at radius 2 is 2.23 bits per heavy atom. The standard InChI is InChI=1S/C15H24F3N5OS.HI/c1-19-14(20-8-11-4-3-5-23(11)6-7-24-2)21-9-13-22-12(10-25-13)15(16,17)18;/h10-11H,3-9H2,1-2H3,(H2,19,20,21);1H. The summed E-state index contributed by atoms with van der Waals surface area (Å²) in [5, 5.41) is 7.64. The average molecular weight is 507 g/mol. The number of nitrogens with zero attached hydrogens (tertiary/aromatic N) is 3. The van der Waals surface area contributed by atoms with Gasteiger partial charge in [-0.2, -0.15) is 13.2 Å². The van der Waals surface area contributed by atoms with Crippen LogP contribution in [-0.4, -0.2) is 62.3 Å². The summed E-state index contributed by atoms with van der Waals surface area (Å²) >= 11 is 0.983. The maximum Gasteiger partial charge on any atom is 0.434 e. The molecule has 1 aromatic rings. The molecule has 2 heterocycles. The Balaban J connectivity index is 0.00000338. The van der Waals surface area contributed by atoms with Crippen molar-refractivity contribution in [2.75, 3.05) is 40.4 Å². The number of hydrogen-bond acceptors (Lipinski definition) is 5. The van der Waals surface area contributed by atoms with Gasteiger partial charge in [-0.3, -0.25) is 9.89 Å². The summed E-state index contributed by atoms with van der Waals surface area (Å²) in [6.45, 7) is 3.60. The number of aliphatic imine (C=N–C) groups is 1. The van der Waals surface area contributed by atoms with E-state index in [4.69, 9.17) is 4.74 Å². The SMILES string of the molecule is CN=C(NCc1nc(C(F)(F)F)cs1)NCC1CCCN1CCOC.I. The number of nitrogens with one attached hydrogen (secondary N) is 2. The van der Waals surface area contributed by atoms with Crippen LogP contribution in [0.2, 0.25) is 0 Å². The van der Waals surface area contributed by atoms with E-state index in [9.17, 15) is 13.2 Å². The first-order valence-corrected chi connectivity index (χ1v) is 9.01. The Hall–Kier alpha value is -0.660. The quantitative estimate of drug-likeness (QED) is 0.338. The molecule has 1 aromatic heterocycles. The summed E-state index contributed by atoms with van der Waals surface area (Å²) in [6, 6.07) is 0.408. The summed E-state index contributed by atoms with van der Waals surface area (Å²) in [5.41, 5.74) is -0.850.